The van der Waals surface area contributed by atoms with Gasteiger partial charge in [0, 0.05) is 11.8 Å². The van der Waals surface area contributed by atoms with Gasteiger partial charge in [-0.25, -0.2) is 9.78 Å². The highest BCUT2D eigenvalue weighted by molar-refractivity contribution is 9.10. The lowest BCUT2D eigenvalue weighted by molar-refractivity contribution is -0.161. The molecule has 2 unspecified atom stereocenters. The number of aromatic nitrogens is 1. The topological polar surface area (TPSA) is 87.1 Å². The number of nitrogens with zero attached hydrogens (tertiary/aromatic N) is 2. The molecule has 0 aliphatic carbocycles. The van der Waals surface area contributed by atoms with E-state index in [0.29, 0.717) is 10.2 Å². The fraction of sp³-hybridized carbons (Fsp3) is 0.333. The molecule has 2 atom stereocenters. The predicted octanol–water partition coefficient (Wildman–Crippen LogP) is 0.909. The first-order valence-electron chi connectivity index (χ1n) is 5.60. The highest BCUT2D eigenvalue weighted by Gasteiger charge is 2.47. The summed E-state index contributed by atoms with van der Waals surface area (Å²) in [5.41, 5.74) is 0.821. The van der Waals surface area contributed by atoms with Gasteiger partial charge in [0.05, 0.1) is 14.2 Å². The first-order valence-corrected chi connectivity index (χ1v) is 6.39. The van der Waals surface area contributed by atoms with Crippen LogP contribution in [0, 0.1) is 5.92 Å². The van der Waals surface area contributed by atoms with Gasteiger partial charge in [-0.15, -0.1) is 0 Å². The Labute approximate surface area is 123 Å². The first kappa shape index (κ1) is 14.4. The highest BCUT2D eigenvalue weighted by atomic mass is 79.9. The van der Waals surface area contributed by atoms with E-state index in [1.807, 2.05) is 0 Å². The third-order valence-electron chi connectivity index (χ3n) is 2.79. The van der Waals surface area contributed by atoms with Crippen LogP contribution in [-0.4, -0.2) is 43.0 Å². The molecule has 0 N–H and O–H groups in total. The minimum Gasteiger partial charge on any atom is -0.468 e. The van der Waals surface area contributed by atoms with Gasteiger partial charge in [0.2, 0.25) is 6.10 Å². The van der Waals surface area contributed by atoms with Gasteiger partial charge in [-0.05, 0) is 28.1 Å². The van der Waals surface area contributed by atoms with E-state index in [4.69, 9.17) is 9.57 Å². The molecule has 1 aliphatic rings. The molecule has 2 heterocycles. The second-order valence-electron chi connectivity index (χ2n) is 3.87. The van der Waals surface area contributed by atoms with Crippen LogP contribution in [-0.2, 0) is 23.9 Å². The largest absolute Gasteiger partial charge is 0.468 e. The SMILES string of the molecule is COC(=O)C1ON=C(c2cccnc2Br)C1C(=O)OC. The summed E-state index contributed by atoms with van der Waals surface area (Å²) in [5.74, 6) is -2.32. The van der Waals surface area contributed by atoms with Crippen LogP contribution >= 0.6 is 15.9 Å². The number of carbonyl (C=O) groups is 2. The quantitative estimate of drug-likeness (QED) is 0.599. The summed E-state index contributed by atoms with van der Waals surface area (Å²) < 4.78 is 9.80. The molecule has 20 heavy (non-hydrogen) atoms. The third-order valence-corrected chi connectivity index (χ3v) is 3.42. The molecule has 106 valence electrons. The number of halogens is 1. The van der Waals surface area contributed by atoms with Gasteiger partial charge < -0.3 is 14.3 Å². The van der Waals surface area contributed by atoms with E-state index >= 15 is 0 Å². The van der Waals surface area contributed by atoms with Gasteiger partial charge >= 0.3 is 11.9 Å². The Kier molecular flexibility index (Phi) is 4.33. The Morgan fingerprint density at radius 3 is 2.60 bits per heavy atom. The highest BCUT2D eigenvalue weighted by Crippen LogP contribution is 2.28. The van der Waals surface area contributed by atoms with E-state index in [-0.39, 0.29) is 5.71 Å². The zero-order valence-electron chi connectivity index (χ0n) is 10.7. The van der Waals surface area contributed by atoms with Gasteiger partial charge in [0.15, 0.2) is 5.92 Å². The summed E-state index contributed by atoms with van der Waals surface area (Å²) >= 11 is 3.26. The van der Waals surface area contributed by atoms with Gasteiger partial charge in [0.1, 0.15) is 10.3 Å². The van der Waals surface area contributed by atoms with E-state index in [9.17, 15) is 9.59 Å². The number of methoxy groups -OCH3 is 2. The summed E-state index contributed by atoms with van der Waals surface area (Å²) in [4.78, 5) is 32.6. The van der Waals surface area contributed by atoms with Crippen LogP contribution < -0.4 is 0 Å². The van der Waals surface area contributed by atoms with Crippen LogP contribution in [0.15, 0.2) is 28.1 Å². The van der Waals surface area contributed by atoms with E-state index in [1.54, 1.807) is 18.3 Å². The van der Waals surface area contributed by atoms with E-state index in [0.717, 1.165) is 0 Å². The number of hydrogen-bond donors (Lipinski definition) is 0. The van der Waals surface area contributed by atoms with Gasteiger partial charge in [-0.3, -0.25) is 4.79 Å². The Bertz CT molecular complexity index is 575. The average molecular weight is 343 g/mol. The second-order valence-corrected chi connectivity index (χ2v) is 4.62. The standard InChI is InChI=1S/C12H11BrN2O5/c1-18-11(16)7-8(6-4-3-5-14-10(6)13)15-20-9(7)12(17)19-2/h3-5,7,9H,1-2H3. The molecule has 0 bridgehead atoms. The normalized spacial score (nSPS) is 20.9. The van der Waals surface area contributed by atoms with Crippen molar-refractivity contribution in [2.24, 2.45) is 11.1 Å². The smallest absolute Gasteiger partial charge is 0.351 e. The number of esters is 2. The third kappa shape index (κ3) is 2.51. The van der Waals surface area contributed by atoms with E-state index < -0.39 is 24.0 Å². The number of ether oxygens (including phenoxy) is 2. The van der Waals surface area contributed by atoms with Crippen molar-refractivity contribution in [1.29, 1.82) is 0 Å². The van der Waals surface area contributed by atoms with Crippen LogP contribution in [0.5, 0.6) is 0 Å². The van der Waals surface area contributed by atoms with Crippen molar-refractivity contribution >= 4 is 33.6 Å². The molecule has 1 aromatic rings. The lowest BCUT2D eigenvalue weighted by Gasteiger charge is -2.15. The number of oxime groups is 1. The molecule has 0 saturated heterocycles. The van der Waals surface area contributed by atoms with Gasteiger partial charge in [-0.1, -0.05) is 5.16 Å². The fourth-order valence-electron chi connectivity index (χ4n) is 1.83. The van der Waals surface area contributed by atoms with Crippen LogP contribution in [0.2, 0.25) is 0 Å². The van der Waals surface area contributed by atoms with Crippen molar-refractivity contribution in [2.45, 2.75) is 6.10 Å². The molecular weight excluding hydrogens is 332 g/mol. The predicted molar refractivity (Wildman–Crippen MR) is 70.9 cm³/mol. The van der Waals surface area contributed by atoms with Crippen LogP contribution in [0.3, 0.4) is 0 Å². The first-order chi connectivity index (χ1) is 9.60. The maximum Gasteiger partial charge on any atom is 0.351 e. The molecule has 0 fully saturated rings. The maximum absolute atomic E-state index is 11.9. The number of carbonyl (C=O) groups excluding carboxylic acids is 2. The molecule has 0 amide bonds. The number of pyridine rings is 1. The van der Waals surface area contributed by atoms with Crippen LogP contribution in [0.25, 0.3) is 0 Å². The van der Waals surface area contributed by atoms with Crippen molar-refractivity contribution in [3.8, 4) is 0 Å². The minimum atomic E-state index is -1.16. The van der Waals surface area contributed by atoms with Crippen molar-refractivity contribution in [1.82, 2.24) is 4.98 Å². The molecular formula is C12H11BrN2O5. The van der Waals surface area contributed by atoms with Crippen molar-refractivity contribution < 1.29 is 23.9 Å². The molecule has 1 aliphatic heterocycles. The Balaban J connectivity index is 2.40. The summed E-state index contributed by atoms with van der Waals surface area (Å²) in [7, 11) is 2.43. The fourth-order valence-corrected chi connectivity index (χ4v) is 2.28. The molecule has 0 spiro atoms. The van der Waals surface area contributed by atoms with Crippen molar-refractivity contribution in [2.75, 3.05) is 14.2 Å². The summed E-state index contributed by atoms with van der Waals surface area (Å²) in [6.45, 7) is 0. The van der Waals surface area contributed by atoms with E-state index in [2.05, 4.69) is 30.8 Å². The van der Waals surface area contributed by atoms with Gasteiger partial charge in [-0.2, -0.15) is 0 Å². The summed E-state index contributed by atoms with van der Waals surface area (Å²) in [6, 6.07) is 3.39. The Morgan fingerprint density at radius 2 is 2.00 bits per heavy atom. The lowest BCUT2D eigenvalue weighted by atomic mass is 9.93. The number of hydrogen-bond acceptors (Lipinski definition) is 7. The molecule has 7 nitrogen and oxygen atoms in total. The minimum absolute atomic E-state index is 0.271. The molecule has 2 rings (SSSR count). The lowest BCUT2D eigenvalue weighted by Crippen LogP contribution is -2.38. The molecule has 0 saturated carbocycles. The van der Waals surface area contributed by atoms with Crippen molar-refractivity contribution in [3.63, 3.8) is 0 Å². The Morgan fingerprint density at radius 1 is 1.30 bits per heavy atom. The summed E-state index contributed by atoms with van der Waals surface area (Å²) in [6.07, 6.45) is 0.420. The maximum atomic E-state index is 11.9. The van der Waals surface area contributed by atoms with Crippen LogP contribution in [0.4, 0.5) is 0 Å². The zero-order chi connectivity index (χ0) is 14.7. The number of rotatable bonds is 3. The van der Waals surface area contributed by atoms with Crippen molar-refractivity contribution in [3.05, 3.63) is 28.5 Å². The van der Waals surface area contributed by atoms with E-state index in [1.165, 1.54) is 14.2 Å². The van der Waals surface area contributed by atoms with Crippen LogP contribution in [0.1, 0.15) is 5.56 Å². The average Bonchev–Trinajstić information content (AvgIpc) is 2.90. The molecule has 1 aromatic heterocycles. The molecule has 8 heteroatoms. The summed E-state index contributed by atoms with van der Waals surface area (Å²) in [5, 5.41) is 3.81. The monoisotopic (exact) mass is 342 g/mol. The van der Waals surface area contributed by atoms with Gasteiger partial charge in [0.25, 0.3) is 0 Å². The second kappa shape index (κ2) is 6.00. The Hall–Kier alpha value is -1.96. The molecule has 0 aromatic carbocycles. The zero-order valence-corrected chi connectivity index (χ0v) is 12.3. The molecule has 0 radical (unpaired) electrons.